The average molecular weight is 232 g/mol. The summed E-state index contributed by atoms with van der Waals surface area (Å²) in [6.07, 6.45) is 0. The Hall–Kier alpha value is -0.540. The van der Waals surface area contributed by atoms with Gasteiger partial charge in [-0.25, -0.2) is 0 Å². The average Bonchev–Trinajstić information content (AvgIpc) is 2.18. The molecule has 1 aromatic rings. The van der Waals surface area contributed by atoms with E-state index >= 15 is 0 Å². The normalized spacial score (nSPS) is 10.0. The number of ether oxygens (including phenoxy) is 1. The van der Waals surface area contributed by atoms with Crippen molar-refractivity contribution in [1.82, 2.24) is 0 Å². The van der Waals surface area contributed by atoms with Gasteiger partial charge < -0.3 is 10.1 Å². The molecule has 0 aliphatic heterocycles. The minimum Gasteiger partial charge on any atom is -0.495 e. The minimum atomic E-state index is 0.625. The van der Waals surface area contributed by atoms with Crippen molar-refractivity contribution in [2.75, 3.05) is 24.7 Å². The lowest BCUT2D eigenvalue weighted by Gasteiger charge is -2.11. The van der Waals surface area contributed by atoms with Gasteiger partial charge in [0.15, 0.2) is 0 Å². The maximum atomic E-state index is 6.00. The van der Waals surface area contributed by atoms with Gasteiger partial charge in [0.1, 0.15) is 5.75 Å². The topological polar surface area (TPSA) is 21.3 Å². The number of hydrogen-bond acceptors (Lipinski definition) is 3. The molecule has 0 amide bonds. The van der Waals surface area contributed by atoms with Gasteiger partial charge in [0, 0.05) is 18.0 Å². The van der Waals surface area contributed by atoms with Gasteiger partial charge in [-0.2, -0.15) is 12.6 Å². The molecule has 2 nitrogen and oxygen atoms in total. The Morgan fingerprint density at radius 2 is 2.21 bits per heavy atom. The summed E-state index contributed by atoms with van der Waals surface area (Å²) >= 11 is 10.1. The van der Waals surface area contributed by atoms with Crippen molar-refractivity contribution >= 4 is 29.9 Å². The van der Waals surface area contributed by atoms with Crippen LogP contribution in [0.25, 0.3) is 0 Å². The molecule has 0 fully saturated rings. The van der Waals surface area contributed by atoms with Gasteiger partial charge in [-0.1, -0.05) is 11.6 Å². The van der Waals surface area contributed by atoms with Crippen LogP contribution in [0.15, 0.2) is 12.1 Å². The maximum Gasteiger partial charge on any atom is 0.137 e. The quantitative estimate of drug-likeness (QED) is 0.778. The summed E-state index contributed by atoms with van der Waals surface area (Å²) < 4.78 is 5.11. The SMILES string of the molecule is COc1cc(C)c(NCCS)cc1Cl. The zero-order chi connectivity index (χ0) is 10.6. The molecule has 0 aromatic heterocycles. The summed E-state index contributed by atoms with van der Waals surface area (Å²) in [6.45, 7) is 2.84. The molecule has 1 N–H and O–H groups in total. The molecule has 14 heavy (non-hydrogen) atoms. The van der Waals surface area contributed by atoms with E-state index < -0.39 is 0 Å². The smallest absolute Gasteiger partial charge is 0.137 e. The first-order valence-electron chi connectivity index (χ1n) is 4.38. The number of nitrogens with one attached hydrogen (secondary N) is 1. The van der Waals surface area contributed by atoms with E-state index in [1.807, 2.05) is 19.1 Å². The third-order valence-corrected chi connectivity index (χ3v) is 2.45. The minimum absolute atomic E-state index is 0.625. The van der Waals surface area contributed by atoms with Crippen LogP contribution in [0.4, 0.5) is 5.69 Å². The standard InChI is InChI=1S/C10H14ClNOS/c1-7-5-10(13-2)8(11)6-9(7)12-3-4-14/h5-6,12,14H,3-4H2,1-2H3. The fourth-order valence-electron chi connectivity index (χ4n) is 1.19. The van der Waals surface area contributed by atoms with Crippen molar-refractivity contribution in [2.45, 2.75) is 6.92 Å². The van der Waals surface area contributed by atoms with E-state index in [2.05, 4.69) is 17.9 Å². The van der Waals surface area contributed by atoms with Crippen LogP contribution in [0.2, 0.25) is 5.02 Å². The van der Waals surface area contributed by atoms with Crippen molar-refractivity contribution in [3.05, 3.63) is 22.7 Å². The Bertz CT molecular complexity index is 317. The van der Waals surface area contributed by atoms with Crippen molar-refractivity contribution in [1.29, 1.82) is 0 Å². The number of methoxy groups -OCH3 is 1. The Morgan fingerprint density at radius 1 is 1.50 bits per heavy atom. The molecule has 1 rings (SSSR count). The van der Waals surface area contributed by atoms with Crippen molar-refractivity contribution in [3.63, 3.8) is 0 Å². The Morgan fingerprint density at radius 3 is 2.79 bits per heavy atom. The van der Waals surface area contributed by atoms with Gasteiger partial charge >= 0.3 is 0 Å². The fourth-order valence-corrected chi connectivity index (χ4v) is 1.55. The molecule has 0 saturated heterocycles. The Labute approximate surface area is 95.0 Å². The van der Waals surface area contributed by atoms with Gasteiger partial charge in [0.05, 0.1) is 12.1 Å². The second-order valence-electron chi connectivity index (χ2n) is 2.95. The van der Waals surface area contributed by atoms with Crippen LogP contribution in [-0.2, 0) is 0 Å². The first kappa shape index (κ1) is 11.5. The largest absolute Gasteiger partial charge is 0.495 e. The maximum absolute atomic E-state index is 6.00. The van der Waals surface area contributed by atoms with E-state index in [0.717, 1.165) is 23.5 Å². The van der Waals surface area contributed by atoms with E-state index in [1.165, 1.54) is 0 Å². The predicted octanol–water partition coefficient (Wildman–Crippen LogP) is 3.00. The summed E-state index contributed by atoms with van der Waals surface area (Å²) in [5.41, 5.74) is 2.15. The zero-order valence-corrected chi connectivity index (χ0v) is 9.95. The molecule has 0 unspecified atom stereocenters. The van der Waals surface area contributed by atoms with Crippen LogP contribution >= 0.6 is 24.2 Å². The summed E-state index contributed by atoms with van der Waals surface area (Å²) in [5.74, 6) is 1.50. The monoisotopic (exact) mass is 231 g/mol. The van der Waals surface area contributed by atoms with E-state index in [9.17, 15) is 0 Å². The lowest BCUT2D eigenvalue weighted by atomic mass is 10.2. The molecule has 4 heteroatoms. The van der Waals surface area contributed by atoms with Crippen molar-refractivity contribution in [2.24, 2.45) is 0 Å². The lowest BCUT2D eigenvalue weighted by molar-refractivity contribution is 0.415. The van der Waals surface area contributed by atoms with E-state index in [-0.39, 0.29) is 0 Å². The first-order valence-corrected chi connectivity index (χ1v) is 5.39. The Kier molecular flexibility index (Phi) is 4.42. The predicted molar refractivity (Wildman–Crippen MR) is 65.1 cm³/mol. The summed E-state index contributed by atoms with van der Waals surface area (Å²) in [6, 6.07) is 3.79. The number of halogens is 1. The number of anilines is 1. The summed E-state index contributed by atoms with van der Waals surface area (Å²) in [5, 5.41) is 3.86. The number of aryl methyl sites for hydroxylation is 1. The molecule has 0 spiro atoms. The van der Waals surface area contributed by atoms with Gasteiger partial charge in [-0.15, -0.1) is 0 Å². The van der Waals surface area contributed by atoms with E-state index in [4.69, 9.17) is 16.3 Å². The lowest BCUT2D eigenvalue weighted by Crippen LogP contribution is -2.04. The van der Waals surface area contributed by atoms with E-state index in [1.54, 1.807) is 7.11 Å². The molecule has 78 valence electrons. The fraction of sp³-hybridized carbons (Fsp3) is 0.400. The van der Waals surface area contributed by atoms with Gasteiger partial charge in [-0.05, 0) is 24.6 Å². The third kappa shape index (κ3) is 2.72. The highest BCUT2D eigenvalue weighted by Gasteiger charge is 2.05. The van der Waals surface area contributed by atoms with Crippen LogP contribution in [0.1, 0.15) is 5.56 Å². The molecule has 0 aliphatic carbocycles. The van der Waals surface area contributed by atoms with Crippen molar-refractivity contribution in [3.8, 4) is 5.75 Å². The second-order valence-corrected chi connectivity index (χ2v) is 3.81. The van der Waals surface area contributed by atoms with Crippen LogP contribution in [0, 0.1) is 6.92 Å². The van der Waals surface area contributed by atoms with Crippen LogP contribution in [0.5, 0.6) is 5.75 Å². The molecule has 0 saturated carbocycles. The molecule has 0 bridgehead atoms. The molecule has 0 radical (unpaired) electrons. The van der Waals surface area contributed by atoms with Crippen LogP contribution in [-0.4, -0.2) is 19.4 Å². The Balaban J connectivity index is 2.90. The van der Waals surface area contributed by atoms with E-state index in [0.29, 0.717) is 10.8 Å². The number of rotatable bonds is 4. The third-order valence-electron chi connectivity index (χ3n) is 1.93. The van der Waals surface area contributed by atoms with Gasteiger partial charge in [0.2, 0.25) is 0 Å². The van der Waals surface area contributed by atoms with Crippen molar-refractivity contribution < 1.29 is 4.74 Å². The van der Waals surface area contributed by atoms with Gasteiger partial charge in [0.25, 0.3) is 0 Å². The molecule has 0 heterocycles. The number of thiol groups is 1. The molecular weight excluding hydrogens is 218 g/mol. The highest BCUT2D eigenvalue weighted by molar-refractivity contribution is 7.80. The van der Waals surface area contributed by atoms with Crippen LogP contribution in [0.3, 0.4) is 0 Å². The number of benzene rings is 1. The molecule has 0 aliphatic rings. The molecule has 1 aromatic carbocycles. The molecule has 0 atom stereocenters. The highest BCUT2D eigenvalue weighted by atomic mass is 35.5. The van der Waals surface area contributed by atoms with Gasteiger partial charge in [-0.3, -0.25) is 0 Å². The molecular formula is C10H14ClNOS. The summed E-state index contributed by atoms with van der Waals surface area (Å²) in [7, 11) is 1.61. The highest BCUT2D eigenvalue weighted by Crippen LogP contribution is 2.30. The number of hydrogen-bond donors (Lipinski definition) is 2. The first-order chi connectivity index (χ1) is 6.69. The van der Waals surface area contributed by atoms with Crippen LogP contribution < -0.4 is 10.1 Å². The zero-order valence-electron chi connectivity index (χ0n) is 8.30. The second kappa shape index (κ2) is 5.37. The summed E-state index contributed by atoms with van der Waals surface area (Å²) in [4.78, 5) is 0.